The normalized spacial score (nSPS) is 19.1. The lowest BCUT2D eigenvalue weighted by atomic mass is 9.84. The maximum Gasteiger partial charge on any atom is 0.387 e. The first-order chi connectivity index (χ1) is 18.5. The molecular weight excluding hydrogens is 538 g/mol. The third-order valence-electron chi connectivity index (χ3n) is 7.42. The summed E-state index contributed by atoms with van der Waals surface area (Å²) in [6, 6.07) is 4.10. The van der Waals surface area contributed by atoms with Crippen molar-refractivity contribution in [3.05, 3.63) is 40.7 Å². The average molecular weight is 571 g/mol. The van der Waals surface area contributed by atoms with Crippen molar-refractivity contribution in [1.29, 1.82) is 0 Å². The fraction of sp³-hybridized carbons (Fsp3) is 0.577. The minimum absolute atomic E-state index is 0.0522. The van der Waals surface area contributed by atoms with E-state index in [0.717, 1.165) is 11.3 Å². The molecule has 1 fully saturated rings. The number of hydrogen-bond donors (Lipinski definition) is 2. The van der Waals surface area contributed by atoms with E-state index in [1.165, 1.54) is 25.3 Å². The summed E-state index contributed by atoms with van der Waals surface area (Å²) in [4.78, 5) is 27.9. The number of aliphatic carboxylic acids is 1. The lowest BCUT2D eigenvalue weighted by molar-refractivity contribution is -0.143. The summed E-state index contributed by atoms with van der Waals surface area (Å²) in [6.07, 6.45) is 2.66. The molecule has 2 N–H and O–H groups in total. The minimum atomic E-state index is -3.11. The SMILES string of the molecule is COCC[C@H](CN1CCC(C(=O)Nc2ccc(Cl)cc2OC(F)F)(n2ncc3c2C(C)(C)OC3)CC1)C(=O)O. The van der Waals surface area contributed by atoms with Crippen molar-refractivity contribution in [2.45, 2.75) is 57.5 Å². The number of amides is 1. The van der Waals surface area contributed by atoms with E-state index in [2.05, 4.69) is 15.2 Å². The molecule has 3 heterocycles. The van der Waals surface area contributed by atoms with Crippen molar-refractivity contribution < 1.29 is 37.7 Å². The number of carbonyl (C=O) groups excluding carboxylic acids is 1. The highest BCUT2D eigenvalue weighted by atomic mass is 35.5. The molecule has 1 atom stereocenters. The molecule has 39 heavy (non-hydrogen) atoms. The number of carboxylic acid groups (broad SMARTS) is 1. The second-order valence-electron chi connectivity index (χ2n) is 10.4. The van der Waals surface area contributed by atoms with Gasteiger partial charge in [0.15, 0.2) is 5.75 Å². The molecule has 214 valence electrons. The maximum absolute atomic E-state index is 14.1. The van der Waals surface area contributed by atoms with E-state index < -0.39 is 35.5 Å². The molecule has 0 bridgehead atoms. The van der Waals surface area contributed by atoms with Crippen LogP contribution in [0.5, 0.6) is 5.75 Å². The Morgan fingerprint density at radius 1 is 1.28 bits per heavy atom. The molecule has 1 aromatic carbocycles. The first-order valence-corrected chi connectivity index (χ1v) is 13.1. The number of piperidine rings is 1. The van der Waals surface area contributed by atoms with Crippen LogP contribution in [-0.2, 0) is 36.8 Å². The number of carbonyl (C=O) groups is 2. The van der Waals surface area contributed by atoms with Gasteiger partial charge in [-0.25, -0.2) is 0 Å². The van der Waals surface area contributed by atoms with Crippen LogP contribution >= 0.6 is 11.6 Å². The molecule has 0 unspecified atom stereocenters. The molecule has 0 spiro atoms. The topological polar surface area (TPSA) is 115 Å². The number of methoxy groups -OCH3 is 1. The van der Waals surface area contributed by atoms with Crippen LogP contribution in [0, 0.1) is 5.92 Å². The molecule has 2 aliphatic rings. The van der Waals surface area contributed by atoms with Gasteiger partial charge >= 0.3 is 12.6 Å². The third kappa shape index (κ3) is 6.19. The van der Waals surface area contributed by atoms with E-state index in [1.807, 2.05) is 18.7 Å². The van der Waals surface area contributed by atoms with Gasteiger partial charge in [-0.1, -0.05) is 11.6 Å². The molecule has 10 nitrogen and oxygen atoms in total. The molecule has 2 aromatic rings. The molecule has 0 saturated carbocycles. The van der Waals surface area contributed by atoms with Gasteiger partial charge in [0.05, 0.1) is 30.1 Å². The Bertz CT molecular complexity index is 1200. The van der Waals surface area contributed by atoms with Gasteiger partial charge in [-0.3, -0.25) is 14.3 Å². The summed E-state index contributed by atoms with van der Waals surface area (Å²) in [5.41, 5.74) is -0.198. The summed E-state index contributed by atoms with van der Waals surface area (Å²) in [7, 11) is 1.53. The van der Waals surface area contributed by atoms with Crippen LogP contribution in [0.1, 0.15) is 44.4 Å². The third-order valence-corrected chi connectivity index (χ3v) is 7.66. The van der Waals surface area contributed by atoms with Gasteiger partial charge in [-0.15, -0.1) is 0 Å². The number of carboxylic acids is 1. The number of nitrogens with one attached hydrogen (secondary N) is 1. The predicted octanol–water partition coefficient (Wildman–Crippen LogP) is 4.07. The van der Waals surface area contributed by atoms with E-state index >= 15 is 0 Å². The largest absolute Gasteiger partial charge is 0.481 e. The molecule has 4 rings (SSSR count). The van der Waals surface area contributed by atoms with E-state index in [1.54, 1.807) is 10.9 Å². The number of nitrogens with zero attached hydrogens (tertiary/aromatic N) is 3. The maximum atomic E-state index is 14.1. The number of rotatable bonds is 11. The molecule has 13 heteroatoms. The van der Waals surface area contributed by atoms with Crippen LogP contribution in [0.4, 0.5) is 14.5 Å². The monoisotopic (exact) mass is 570 g/mol. The van der Waals surface area contributed by atoms with E-state index in [-0.39, 0.29) is 16.5 Å². The van der Waals surface area contributed by atoms with Crippen LogP contribution < -0.4 is 10.1 Å². The number of likely N-dealkylation sites (tertiary alicyclic amines) is 1. The predicted molar refractivity (Wildman–Crippen MR) is 138 cm³/mol. The number of anilines is 1. The Hall–Kier alpha value is -2.80. The fourth-order valence-corrected chi connectivity index (χ4v) is 5.48. The van der Waals surface area contributed by atoms with Crippen molar-refractivity contribution in [2.75, 3.05) is 38.7 Å². The highest BCUT2D eigenvalue weighted by Gasteiger charge is 2.49. The number of ether oxygens (including phenoxy) is 3. The summed E-state index contributed by atoms with van der Waals surface area (Å²) in [5.74, 6) is -2.23. The molecule has 1 amide bonds. The van der Waals surface area contributed by atoms with Crippen molar-refractivity contribution >= 4 is 29.2 Å². The van der Waals surface area contributed by atoms with Gasteiger partial charge in [0.2, 0.25) is 0 Å². The number of benzene rings is 1. The Morgan fingerprint density at radius 3 is 2.64 bits per heavy atom. The first kappa shape index (κ1) is 29.2. The number of hydrogen-bond acceptors (Lipinski definition) is 7. The van der Waals surface area contributed by atoms with Crippen LogP contribution in [0.15, 0.2) is 24.4 Å². The highest BCUT2D eigenvalue weighted by molar-refractivity contribution is 6.30. The van der Waals surface area contributed by atoms with Gasteiger partial charge in [-0.05, 0) is 45.2 Å². The van der Waals surface area contributed by atoms with Gasteiger partial charge in [-0.2, -0.15) is 13.9 Å². The standard InChI is InChI=1S/C26H33ClF2N4O6/c1-25(2)21-17(15-38-25)13-30-33(21)26(7-9-32(10-8-26)14-16(22(34)35)6-11-37-3)23(36)31-19-5-4-18(27)12-20(19)39-24(28)29/h4-5,12-13,16,24H,6-11,14-15H2,1-3H3,(H,31,36)(H,34,35)/t16-/m1/s1. The van der Waals surface area contributed by atoms with Gasteiger partial charge in [0.25, 0.3) is 5.91 Å². The van der Waals surface area contributed by atoms with Crippen molar-refractivity contribution in [1.82, 2.24) is 14.7 Å². The smallest absolute Gasteiger partial charge is 0.387 e. The zero-order chi connectivity index (χ0) is 28.4. The lowest BCUT2D eigenvalue weighted by Gasteiger charge is -2.43. The molecular formula is C26H33ClF2N4O6. The van der Waals surface area contributed by atoms with Crippen molar-refractivity contribution in [3.8, 4) is 5.75 Å². The van der Waals surface area contributed by atoms with E-state index in [4.69, 9.17) is 21.1 Å². The number of aromatic nitrogens is 2. The molecule has 1 saturated heterocycles. The number of alkyl halides is 2. The second-order valence-corrected chi connectivity index (χ2v) is 10.8. The Balaban J connectivity index is 1.65. The summed E-state index contributed by atoms with van der Waals surface area (Å²) < 4.78 is 43.5. The quantitative estimate of drug-likeness (QED) is 0.415. The van der Waals surface area contributed by atoms with E-state index in [9.17, 15) is 23.5 Å². The van der Waals surface area contributed by atoms with Crippen molar-refractivity contribution in [3.63, 3.8) is 0 Å². The van der Waals surface area contributed by atoms with Gasteiger partial charge < -0.3 is 29.5 Å². The number of fused-ring (bicyclic) bond motifs is 1. The molecule has 2 aliphatic heterocycles. The fourth-order valence-electron chi connectivity index (χ4n) is 5.32. The van der Waals surface area contributed by atoms with Gasteiger partial charge in [0, 0.05) is 50.0 Å². The lowest BCUT2D eigenvalue weighted by Crippen LogP contribution is -2.55. The summed E-state index contributed by atoms with van der Waals surface area (Å²) >= 11 is 5.98. The van der Waals surface area contributed by atoms with Crippen LogP contribution in [0.25, 0.3) is 0 Å². The Labute approximate surface area is 230 Å². The molecule has 1 aromatic heterocycles. The zero-order valence-corrected chi connectivity index (χ0v) is 22.8. The minimum Gasteiger partial charge on any atom is -0.481 e. The van der Waals surface area contributed by atoms with Crippen molar-refractivity contribution in [2.24, 2.45) is 5.92 Å². The Morgan fingerprint density at radius 2 is 2.00 bits per heavy atom. The van der Waals surface area contributed by atoms with Crippen LogP contribution in [0.3, 0.4) is 0 Å². The Kier molecular flexibility index (Phi) is 8.79. The second kappa shape index (κ2) is 11.7. The van der Waals surface area contributed by atoms with Crippen LogP contribution in [0.2, 0.25) is 5.02 Å². The van der Waals surface area contributed by atoms with Crippen LogP contribution in [-0.4, -0.2) is 71.6 Å². The number of halogens is 3. The average Bonchev–Trinajstić information content (AvgIpc) is 3.44. The summed E-state index contributed by atoms with van der Waals surface area (Å²) in [6.45, 7) is 2.53. The first-order valence-electron chi connectivity index (χ1n) is 12.7. The van der Waals surface area contributed by atoms with Gasteiger partial charge in [0.1, 0.15) is 11.1 Å². The highest BCUT2D eigenvalue weighted by Crippen LogP contribution is 2.42. The van der Waals surface area contributed by atoms with E-state index in [0.29, 0.717) is 52.1 Å². The molecule has 0 radical (unpaired) electrons. The molecule has 0 aliphatic carbocycles. The zero-order valence-electron chi connectivity index (χ0n) is 22.1. The summed E-state index contributed by atoms with van der Waals surface area (Å²) in [5, 5.41) is 17.2.